The molecule has 0 fully saturated rings. The fourth-order valence-corrected chi connectivity index (χ4v) is 3.16. The summed E-state index contributed by atoms with van der Waals surface area (Å²) in [6.07, 6.45) is 0.743. The second kappa shape index (κ2) is 5.60. The van der Waals surface area contributed by atoms with Crippen LogP contribution >= 0.6 is 0 Å². The first kappa shape index (κ1) is 14.6. The summed E-state index contributed by atoms with van der Waals surface area (Å²) in [5.74, 6) is 1.54. The van der Waals surface area contributed by atoms with Gasteiger partial charge in [-0.3, -0.25) is 4.40 Å². The van der Waals surface area contributed by atoms with E-state index in [1.165, 1.54) is 5.56 Å². The smallest absolute Gasteiger partial charge is 0.215 e. The molecule has 0 aliphatic heterocycles. The van der Waals surface area contributed by atoms with Crippen molar-refractivity contribution in [1.82, 2.24) is 19.4 Å². The van der Waals surface area contributed by atoms with E-state index in [0.717, 1.165) is 40.3 Å². The monoisotopic (exact) mass is 318 g/mol. The molecule has 5 nitrogen and oxygen atoms in total. The molecule has 0 atom stereocenters. The summed E-state index contributed by atoms with van der Waals surface area (Å²) in [7, 11) is 1.62. The van der Waals surface area contributed by atoms with Gasteiger partial charge in [0.25, 0.3) is 0 Å². The van der Waals surface area contributed by atoms with Crippen LogP contribution in [-0.4, -0.2) is 26.5 Å². The van der Waals surface area contributed by atoms with E-state index in [2.05, 4.69) is 26.5 Å². The Kier molecular flexibility index (Phi) is 3.41. The van der Waals surface area contributed by atoms with Crippen molar-refractivity contribution in [1.29, 1.82) is 0 Å². The maximum Gasteiger partial charge on any atom is 0.215 e. The van der Waals surface area contributed by atoms with Crippen molar-refractivity contribution >= 4 is 16.7 Å². The highest BCUT2D eigenvalue weighted by molar-refractivity contribution is 5.78. The molecule has 4 aromatic rings. The van der Waals surface area contributed by atoms with Crippen molar-refractivity contribution in [2.45, 2.75) is 20.3 Å². The number of hydrogen-bond acceptors (Lipinski definition) is 4. The van der Waals surface area contributed by atoms with Gasteiger partial charge in [0.05, 0.1) is 24.0 Å². The molecule has 0 bridgehead atoms. The topological polar surface area (TPSA) is 52.3 Å². The maximum absolute atomic E-state index is 5.29. The summed E-state index contributed by atoms with van der Waals surface area (Å²) in [4.78, 5) is 14.1. The predicted octanol–water partition coefficient (Wildman–Crippen LogP) is 3.49. The zero-order valence-electron chi connectivity index (χ0n) is 13.9. The third-order valence-corrected chi connectivity index (χ3v) is 4.21. The van der Waals surface area contributed by atoms with E-state index >= 15 is 0 Å². The van der Waals surface area contributed by atoms with Gasteiger partial charge in [-0.1, -0.05) is 30.3 Å². The van der Waals surface area contributed by atoms with E-state index in [1.807, 2.05) is 44.2 Å². The normalized spacial score (nSPS) is 11.3. The van der Waals surface area contributed by atoms with Crippen molar-refractivity contribution in [2.24, 2.45) is 0 Å². The molecular weight excluding hydrogens is 300 g/mol. The van der Waals surface area contributed by atoms with Crippen LogP contribution < -0.4 is 4.74 Å². The van der Waals surface area contributed by atoms with Crippen LogP contribution in [0.3, 0.4) is 0 Å². The Balaban J connectivity index is 2.03. The van der Waals surface area contributed by atoms with Crippen LogP contribution in [0, 0.1) is 13.8 Å². The van der Waals surface area contributed by atoms with Crippen molar-refractivity contribution in [3.63, 3.8) is 0 Å². The van der Waals surface area contributed by atoms with Crippen LogP contribution in [0.15, 0.2) is 42.5 Å². The lowest BCUT2D eigenvalue weighted by Crippen LogP contribution is -2.03. The van der Waals surface area contributed by atoms with E-state index in [1.54, 1.807) is 7.11 Å². The summed E-state index contributed by atoms with van der Waals surface area (Å²) in [5.41, 5.74) is 5.79. The Morgan fingerprint density at radius 2 is 1.67 bits per heavy atom. The molecule has 0 amide bonds. The molecule has 3 heterocycles. The minimum Gasteiger partial charge on any atom is -0.481 e. The molecule has 1 aromatic carbocycles. The Labute approximate surface area is 140 Å². The zero-order valence-corrected chi connectivity index (χ0v) is 13.9. The van der Waals surface area contributed by atoms with Gasteiger partial charge in [-0.05, 0) is 25.5 Å². The molecule has 0 saturated heterocycles. The number of aryl methyl sites for hydroxylation is 2. The maximum atomic E-state index is 5.29. The van der Waals surface area contributed by atoms with Crippen LogP contribution in [-0.2, 0) is 6.42 Å². The summed E-state index contributed by atoms with van der Waals surface area (Å²) in [5, 5.41) is 0. The summed E-state index contributed by atoms with van der Waals surface area (Å²) < 4.78 is 7.41. The zero-order chi connectivity index (χ0) is 16.7. The summed E-state index contributed by atoms with van der Waals surface area (Å²) in [6, 6.07) is 14.1. The molecule has 0 unspecified atom stereocenters. The Bertz CT molecular complexity index is 1040. The van der Waals surface area contributed by atoms with Crippen LogP contribution in [0.25, 0.3) is 16.7 Å². The minimum atomic E-state index is 0.575. The molecule has 5 heteroatoms. The van der Waals surface area contributed by atoms with Gasteiger partial charge < -0.3 is 4.74 Å². The number of aromatic nitrogens is 4. The average molecular weight is 318 g/mol. The van der Waals surface area contributed by atoms with E-state index in [4.69, 9.17) is 9.72 Å². The largest absolute Gasteiger partial charge is 0.481 e. The lowest BCUT2D eigenvalue weighted by atomic mass is 10.1. The molecule has 0 aliphatic rings. The molecule has 0 aliphatic carbocycles. The van der Waals surface area contributed by atoms with Crippen LogP contribution in [0.1, 0.15) is 22.8 Å². The number of hydrogen-bond donors (Lipinski definition) is 0. The molecule has 24 heavy (non-hydrogen) atoms. The second-order valence-electron chi connectivity index (χ2n) is 5.85. The third-order valence-electron chi connectivity index (χ3n) is 4.21. The van der Waals surface area contributed by atoms with Crippen LogP contribution in [0.5, 0.6) is 5.88 Å². The predicted molar refractivity (Wildman–Crippen MR) is 93.6 cm³/mol. The highest BCUT2D eigenvalue weighted by atomic mass is 16.5. The van der Waals surface area contributed by atoms with Gasteiger partial charge in [0, 0.05) is 12.5 Å². The molecule has 0 saturated carbocycles. The standard InChI is InChI=1S/C19H18N4O/c1-12-18-13(2)21-16(11-14-7-5-4-6-8-14)23(18)19-15(20-12)9-10-17(22-19)24-3/h4-10H,11H2,1-3H3. The molecule has 4 rings (SSSR count). The lowest BCUT2D eigenvalue weighted by Gasteiger charge is -2.09. The number of benzene rings is 1. The van der Waals surface area contributed by atoms with Gasteiger partial charge in [-0.25, -0.2) is 9.97 Å². The van der Waals surface area contributed by atoms with Crippen LogP contribution in [0.4, 0.5) is 0 Å². The van der Waals surface area contributed by atoms with Gasteiger partial charge in [0.1, 0.15) is 11.3 Å². The number of ether oxygens (including phenoxy) is 1. The van der Waals surface area contributed by atoms with Crippen molar-refractivity contribution in [3.05, 3.63) is 65.2 Å². The van der Waals surface area contributed by atoms with E-state index in [-0.39, 0.29) is 0 Å². The van der Waals surface area contributed by atoms with Crippen molar-refractivity contribution in [2.75, 3.05) is 7.11 Å². The lowest BCUT2D eigenvalue weighted by molar-refractivity contribution is 0.399. The second-order valence-corrected chi connectivity index (χ2v) is 5.85. The molecule has 120 valence electrons. The molecule has 0 spiro atoms. The number of pyridine rings is 1. The highest BCUT2D eigenvalue weighted by Crippen LogP contribution is 2.24. The number of nitrogens with zero attached hydrogens (tertiary/aromatic N) is 4. The fraction of sp³-hybridized carbons (Fsp3) is 0.211. The van der Waals surface area contributed by atoms with Crippen molar-refractivity contribution < 1.29 is 4.74 Å². The van der Waals surface area contributed by atoms with Gasteiger partial charge in [-0.2, -0.15) is 4.98 Å². The first-order valence-corrected chi connectivity index (χ1v) is 7.90. The Morgan fingerprint density at radius 3 is 2.42 bits per heavy atom. The Hall–Kier alpha value is -2.95. The van der Waals surface area contributed by atoms with E-state index in [0.29, 0.717) is 5.88 Å². The van der Waals surface area contributed by atoms with E-state index < -0.39 is 0 Å². The SMILES string of the molecule is COc1ccc2nc(C)c3c(C)nc(Cc4ccccc4)n3c2n1. The third kappa shape index (κ3) is 2.29. The number of fused-ring (bicyclic) bond motifs is 3. The molecule has 0 N–H and O–H groups in total. The van der Waals surface area contributed by atoms with E-state index in [9.17, 15) is 0 Å². The summed E-state index contributed by atoms with van der Waals surface area (Å²) >= 11 is 0. The number of rotatable bonds is 3. The van der Waals surface area contributed by atoms with Crippen LogP contribution in [0.2, 0.25) is 0 Å². The molecule has 3 aromatic heterocycles. The first-order valence-electron chi connectivity index (χ1n) is 7.90. The molecule has 0 radical (unpaired) electrons. The quantitative estimate of drug-likeness (QED) is 0.580. The van der Waals surface area contributed by atoms with Gasteiger partial charge in [0.15, 0.2) is 5.65 Å². The first-order chi connectivity index (χ1) is 11.7. The van der Waals surface area contributed by atoms with Gasteiger partial charge >= 0.3 is 0 Å². The van der Waals surface area contributed by atoms with Gasteiger partial charge in [-0.15, -0.1) is 0 Å². The number of methoxy groups -OCH3 is 1. The number of imidazole rings is 1. The fourth-order valence-electron chi connectivity index (χ4n) is 3.16. The minimum absolute atomic E-state index is 0.575. The van der Waals surface area contributed by atoms with Gasteiger partial charge in [0.2, 0.25) is 5.88 Å². The summed E-state index contributed by atoms with van der Waals surface area (Å²) in [6.45, 7) is 4.03. The Morgan fingerprint density at radius 1 is 0.917 bits per heavy atom. The highest BCUT2D eigenvalue weighted by Gasteiger charge is 2.16. The molecular formula is C19H18N4O. The average Bonchev–Trinajstić information content (AvgIpc) is 2.93. The van der Waals surface area contributed by atoms with Crippen molar-refractivity contribution in [3.8, 4) is 5.88 Å².